The molecule has 0 saturated heterocycles. The van der Waals surface area contributed by atoms with Crippen LogP contribution in [-0.4, -0.2) is 29.7 Å². The van der Waals surface area contributed by atoms with Crippen LogP contribution in [0.2, 0.25) is 0 Å². The van der Waals surface area contributed by atoms with E-state index >= 15 is 0 Å². The molecule has 4 heteroatoms. The average Bonchev–Trinajstić information content (AvgIpc) is 2.90. The van der Waals surface area contributed by atoms with E-state index in [1.54, 1.807) is 0 Å². The second kappa shape index (κ2) is 6.75. The zero-order valence-corrected chi connectivity index (χ0v) is 12.2. The maximum Gasteiger partial charge on any atom is 0.242 e. The molecule has 1 amide bonds. The molecule has 1 aromatic carbocycles. The highest BCUT2D eigenvalue weighted by Crippen LogP contribution is 2.25. The Labute approximate surface area is 120 Å². The number of para-hydroxylation sites is 1. The number of rotatable bonds is 6. The number of nitrogens with one attached hydrogen (secondary N) is 2. The highest BCUT2D eigenvalue weighted by molar-refractivity contribution is 5.87. The van der Waals surface area contributed by atoms with Crippen LogP contribution in [0.1, 0.15) is 32.3 Å². The normalized spacial score (nSPS) is 18.5. The molecule has 1 aliphatic rings. The molecule has 0 aliphatic carbocycles. The molecule has 0 saturated carbocycles. The summed E-state index contributed by atoms with van der Waals surface area (Å²) < 4.78 is 0. The number of hydrogen-bond donors (Lipinski definition) is 3. The smallest absolute Gasteiger partial charge is 0.242 e. The third-order valence-electron chi connectivity index (χ3n) is 4.17. The third kappa shape index (κ3) is 3.31. The standard InChI is InChI=1S/C16H24N2O2/c1-3-11(4-2)15(19)10-17-16(20)14-9-12-7-5-6-8-13(12)18-14/h5-8,11,14-15,18-19H,3-4,9-10H2,1-2H3,(H,17,20). The summed E-state index contributed by atoms with van der Waals surface area (Å²) >= 11 is 0. The number of anilines is 1. The van der Waals surface area contributed by atoms with Gasteiger partial charge in [0.15, 0.2) is 0 Å². The number of benzene rings is 1. The van der Waals surface area contributed by atoms with Gasteiger partial charge in [-0.05, 0) is 17.5 Å². The van der Waals surface area contributed by atoms with Gasteiger partial charge in [0.05, 0.1) is 6.10 Å². The van der Waals surface area contributed by atoms with Crippen molar-refractivity contribution < 1.29 is 9.90 Å². The van der Waals surface area contributed by atoms with Crippen molar-refractivity contribution in [2.75, 3.05) is 11.9 Å². The lowest BCUT2D eigenvalue weighted by Gasteiger charge is -2.21. The molecule has 2 rings (SSSR count). The van der Waals surface area contributed by atoms with Crippen molar-refractivity contribution in [2.45, 2.75) is 45.3 Å². The summed E-state index contributed by atoms with van der Waals surface area (Å²) in [5, 5.41) is 16.1. The van der Waals surface area contributed by atoms with Crippen LogP contribution in [0, 0.1) is 5.92 Å². The topological polar surface area (TPSA) is 61.4 Å². The lowest BCUT2D eigenvalue weighted by molar-refractivity contribution is -0.122. The van der Waals surface area contributed by atoms with Gasteiger partial charge in [0.1, 0.15) is 6.04 Å². The fourth-order valence-electron chi connectivity index (χ4n) is 2.78. The van der Waals surface area contributed by atoms with E-state index in [0.29, 0.717) is 13.0 Å². The van der Waals surface area contributed by atoms with Crippen LogP contribution in [0.25, 0.3) is 0 Å². The molecule has 1 aromatic rings. The molecular formula is C16H24N2O2. The van der Waals surface area contributed by atoms with Gasteiger partial charge in [0.25, 0.3) is 0 Å². The molecule has 2 unspecified atom stereocenters. The minimum absolute atomic E-state index is 0.0359. The van der Waals surface area contributed by atoms with Gasteiger partial charge in [-0.3, -0.25) is 4.79 Å². The molecule has 110 valence electrons. The fraction of sp³-hybridized carbons (Fsp3) is 0.562. The van der Waals surface area contributed by atoms with Gasteiger partial charge in [-0.15, -0.1) is 0 Å². The summed E-state index contributed by atoms with van der Waals surface area (Å²) in [6.07, 6.45) is 2.11. The zero-order valence-electron chi connectivity index (χ0n) is 12.2. The lowest BCUT2D eigenvalue weighted by atomic mass is 9.96. The van der Waals surface area contributed by atoms with Gasteiger partial charge in [-0.2, -0.15) is 0 Å². The third-order valence-corrected chi connectivity index (χ3v) is 4.17. The molecule has 20 heavy (non-hydrogen) atoms. The maximum atomic E-state index is 12.1. The van der Waals surface area contributed by atoms with Crippen LogP contribution in [0.5, 0.6) is 0 Å². The highest BCUT2D eigenvalue weighted by atomic mass is 16.3. The second-order valence-corrected chi connectivity index (χ2v) is 5.45. The minimum atomic E-state index is -0.460. The molecular weight excluding hydrogens is 252 g/mol. The largest absolute Gasteiger partial charge is 0.391 e. The predicted molar refractivity (Wildman–Crippen MR) is 80.6 cm³/mol. The van der Waals surface area contributed by atoms with Crippen LogP contribution < -0.4 is 10.6 Å². The quantitative estimate of drug-likeness (QED) is 0.744. The van der Waals surface area contributed by atoms with Crippen molar-refractivity contribution in [1.82, 2.24) is 5.32 Å². The van der Waals surface area contributed by atoms with Gasteiger partial charge < -0.3 is 15.7 Å². The highest BCUT2D eigenvalue weighted by Gasteiger charge is 2.27. The molecule has 1 heterocycles. The van der Waals surface area contributed by atoms with Crippen LogP contribution in [0.15, 0.2) is 24.3 Å². The van der Waals surface area contributed by atoms with Crippen molar-refractivity contribution >= 4 is 11.6 Å². The summed E-state index contributed by atoms with van der Waals surface area (Å²) in [7, 11) is 0. The number of carbonyl (C=O) groups excluding carboxylic acids is 1. The molecule has 0 aromatic heterocycles. The van der Waals surface area contributed by atoms with Crippen LogP contribution in [-0.2, 0) is 11.2 Å². The van der Waals surface area contributed by atoms with Crippen molar-refractivity contribution in [1.29, 1.82) is 0 Å². The Bertz CT molecular complexity index is 433. The Morgan fingerprint density at radius 3 is 2.75 bits per heavy atom. The van der Waals surface area contributed by atoms with Gasteiger partial charge in [0, 0.05) is 18.7 Å². The van der Waals surface area contributed by atoms with E-state index in [0.717, 1.165) is 18.5 Å². The summed E-state index contributed by atoms with van der Waals surface area (Å²) in [6, 6.07) is 7.75. The zero-order chi connectivity index (χ0) is 14.5. The minimum Gasteiger partial charge on any atom is -0.391 e. The molecule has 3 N–H and O–H groups in total. The SMILES string of the molecule is CCC(CC)C(O)CNC(=O)C1Cc2ccccc2N1. The van der Waals surface area contributed by atoms with E-state index in [1.165, 1.54) is 5.56 Å². The first-order chi connectivity index (χ1) is 9.65. The predicted octanol–water partition coefficient (Wildman–Crippen LogP) is 1.94. The first kappa shape index (κ1) is 14.9. The Morgan fingerprint density at radius 1 is 1.40 bits per heavy atom. The molecule has 1 aliphatic heterocycles. The van der Waals surface area contributed by atoms with Crippen LogP contribution in [0.4, 0.5) is 5.69 Å². The van der Waals surface area contributed by atoms with E-state index in [2.05, 4.69) is 24.5 Å². The van der Waals surface area contributed by atoms with E-state index in [-0.39, 0.29) is 17.9 Å². The fourth-order valence-corrected chi connectivity index (χ4v) is 2.78. The lowest BCUT2D eigenvalue weighted by Crippen LogP contribution is -2.43. The van der Waals surface area contributed by atoms with E-state index in [1.807, 2.05) is 24.3 Å². The number of aliphatic hydroxyl groups excluding tert-OH is 1. The molecule has 0 radical (unpaired) electrons. The molecule has 2 atom stereocenters. The summed E-state index contributed by atoms with van der Waals surface area (Å²) in [4.78, 5) is 12.1. The van der Waals surface area contributed by atoms with Gasteiger partial charge in [0.2, 0.25) is 5.91 Å². The molecule has 0 bridgehead atoms. The van der Waals surface area contributed by atoms with E-state index < -0.39 is 6.10 Å². The van der Waals surface area contributed by atoms with E-state index in [9.17, 15) is 9.90 Å². The Kier molecular flexibility index (Phi) is 5.01. The van der Waals surface area contributed by atoms with Crippen LogP contribution >= 0.6 is 0 Å². The summed E-state index contributed by atoms with van der Waals surface area (Å²) in [5.74, 6) is 0.218. The number of amides is 1. The van der Waals surface area contributed by atoms with E-state index in [4.69, 9.17) is 0 Å². The Balaban J connectivity index is 1.82. The molecule has 4 nitrogen and oxygen atoms in total. The maximum absolute atomic E-state index is 12.1. The summed E-state index contributed by atoms with van der Waals surface area (Å²) in [5.41, 5.74) is 2.21. The number of fused-ring (bicyclic) bond motifs is 1. The van der Waals surface area contributed by atoms with Crippen molar-refractivity contribution in [2.24, 2.45) is 5.92 Å². The number of carbonyl (C=O) groups is 1. The monoisotopic (exact) mass is 276 g/mol. The van der Waals surface area contributed by atoms with Crippen molar-refractivity contribution in [3.63, 3.8) is 0 Å². The van der Waals surface area contributed by atoms with Crippen molar-refractivity contribution in [3.8, 4) is 0 Å². The first-order valence-corrected chi connectivity index (χ1v) is 7.45. The molecule has 0 fully saturated rings. The Morgan fingerprint density at radius 2 is 2.10 bits per heavy atom. The first-order valence-electron chi connectivity index (χ1n) is 7.45. The number of aliphatic hydroxyl groups is 1. The van der Waals surface area contributed by atoms with Crippen LogP contribution in [0.3, 0.4) is 0 Å². The van der Waals surface area contributed by atoms with Gasteiger partial charge in [-0.25, -0.2) is 0 Å². The van der Waals surface area contributed by atoms with Gasteiger partial charge >= 0.3 is 0 Å². The van der Waals surface area contributed by atoms with Gasteiger partial charge in [-0.1, -0.05) is 44.9 Å². The summed E-state index contributed by atoms with van der Waals surface area (Å²) in [6.45, 7) is 4.46. The second-order valence-electron chi connectivity index (χ2n) is 5.45. The number of hydrogen-bond acceptors (Lipinski definition) is 3. The van der Waals surface area contributed by atoms with Crippen molar-refractivity contribution in [3.05, 3.63) is 29.8 Å². The Hall–Kier alpha value is -1.55. The molecule has 0 spiro atoms. The average molecular weight is 276 g/mol.